The molecule has 2 aromatic carbocycles. The molecular formula is C19H15NO5. The molecule has 3 aliphatic heterocycles. The lowest BCUT2D eigenvalue weighted by Gasteiger charge is -2.22. The zero-order valence-electron chi connectivity index (χ0n) is 13.3. The van der Waals surface area contributed by atoms with Gasteiger partial charge in [0.25, 0.3) is 0 Å². The number of anilines is 1. The van der Waals surface area contributed by atoms with E-state index in [4.69, 9.17) is 9.47 Å². The van der Waals surface area contributed by atoms with Crippen LogP contribution in [-0.4, -0.2) is 36.7 Å². The fourth-order valence-corrected chi connectivity index (χ4v) is 4.20. The Labute approximate surface area is 143 Å². The second-order valence-electron chi connectivity index (χ2n) is 6.62. The van der Waals surface area contributed by atoms with Crippen LogP contribution in [0.25, 0.3) is 0 Å². The monoisotopic (exact) mass is 337 g/mol. The van der Waals surface area contributed by atoms with Crippen molar-refractivity contribution in [1.29, 1.82) is 0 Å². The van der Waals surface area contributed by atoms with E-state index in [0.717, 1.165) is 34.5 Å². The molecule has 1 N–H and O–H groups in total. The third-order valence-electron chi connectivity index (χ3n) is 5.26. The van der Waals surface area contributed by atoms with Gasteiger partial charge in [-0.05, 0) is 23.3 Å². The van der Waals surface area contributed by atoms with Crippen LogP contribution < -0.4 is 14.4 Å². The van der Waals surface area contributed by atoms with Gasteiger partial charge >= 0.3 is 11.9 Å². The number of hydrogen-bond acceptors (Lipinski definition) is 5. The zero-order chi connectivity index (χ0) is 17.2. The summed E-state index contributed by atoms with van der Waals surface area (Å²) < 4.78 is 11.2. The minimum atomic E-state index is -0.973. The van der Waals surface area contributed by atoms with Crippen LogP contribution in [0.5, 0.6) is 11.5 Å². The van der Waals surface area contributed by atoms with Crippen molar-refractivity contribution in [2.75, 3.05) is 24.6 Å². The summed E-state index contributed by atoms with van der Waals surface area (Å²) in [4.78, 5) is 25.9. The highest BCUT2D eigenvalue weighted by atomic mass is 16.5. The van der Waals surface area contributed by atoms with Crippen molar-refractivity contribution in [3.05, 3.63) is 53.1 Å². The number of carbonyl (C=O) groups is 2. The molecule has 1 spiro atoms. The van der Waals surface area contributed by atoms with Crippen LogP contribution in [0.1, 0.15) is 16.7 Å². The number of esters is 1. The minimum absolute atomic E-state index is 0.157. The Morgan fingerprint density at radius 1 is 1.20 bits per heavy atom. The molecular weight excluding hydrogens is 322 g/mol. The normalized spacial score (nSPS) is 22.4. The summed E-state index contributed by atoms with van der Waals surface area (Å²) in [6, 6.07) is 11.2. The summed E-state index contributed by atoms with van der Waals surface area (Å²) in [5.41, 5.74) is 2.47. The van der Waals surface area contributed by atoms with Gasteiger partial charge in [-0.2, -0.15) is 0 Å². The minimum Gasteiger partial charge on any atom is -0.493 e. The average molecular weight is 337 g/mol. The SMILES string of the molecule is O=C(O)CN1CC2(C(=O)Oc3cc4c(cc32)CCO4)c2ccccc21. The van der Waals surface area contributed by atoms with Gasteiger partial charge in [-0.15, -0.1) is 0 Å². The summed E-state index contributed by atoms with van der Waals surface area (Å²) >= 11 is 0. The number of hydrogen-bond donors (Lipinski definition) is 1. The van der Waals surface area contributed by atoms with Crippen molar-refractivity contribution in [2.45, 2.75) is 11.8 Å². The van der Waals surface area contributed by atoms with E-state index in [1.807, 2.05) is 30.3 Å². The van der Waals surface area contributed by atoms with Crippen molar-refractivity contribution in [2.24, 2.45) is 0 Å². The molecule has 0 fully saturated rings. The number of carboxylic acid groups (broad SMARTS) is 1. The molecule has 1 unspecified atom stereocenters. The average Bonchev–Trinajstić information content (AvgIpc) is 3.23. The predicted molar refractivity (Wildman–Crippen MR) is 88.3 cm³/mol. The third kappa shape index (κ3) is 1.79. The molecule has 0 aliphatic carbocycles. The van der Waals surface area contributed by atoms with Crippen LogP contribution in [0, 0.1) is 0 Å². The molecule has 0 radical (unpaired) electrons. The van der Waals surface area contributed by atoms with Crippen molar-refractivity contribution < 1.29 is 24.2 Å². The predicted octanol–water partition coefficient (Wildman–Crippen LogP) is 1.73. The molecule has 0 saturated carbocycles. The Kier molecular flexibility index (Phi) is 2.72. The molecule has 3 aliphatic rings. The number of ether oxygens (including phenoxy) is 2. The molecule has 0 saturated heterocycles. The van der Waals surface area contributed by atoms with Gasteiger partial charge in [-0.1, -0.05) is 18.2 Å². The molecule has 126 valence electrons. The number of carbonyl (C=O) groups excluding carboxylic acids is 1. The fourth-order valence-electron chi connectivity index (χ4n) is 4.20. The first-order valence-corrected chi connectivity index (χ1v) is 8.18. The van der Waals surface area contributed by atoms with Crippen LogP contribution in [-0.2, 0) is 21.4 Å². The van der Waals surface area contributed by atoms with Gasteiger partial charge in [0.2, 0.25) is 0 Å². The highest BCUT2D eigenvalue weighted by Crippen LogP contribution is 2.53. The van der Waals surface area contributed by atoms with Crippen LogP contribution in [0.4, 0.5) is 5.69 Å². The number of fused-ring (bicyclic) bond motifs is 5. The summed E-state index contributed by atoms with van der Waals surface area (Å²) in [6.07, 6.45) is 0.799. The second kappa shape index (κ2) is 4.75. The molecule has 2 aromatic rings. The first-order chi connectivity index (χ1) is 12.1. The van der Waals surface area contributed by atoms with E-state index in [-0.39, 0.29) is 19.1 Å². The molecule has 0 aromatic heterocycles. The largest absolute Gasteiger partial charge is 0.493 e. The highest BCUT2D eigenvalue weighted by Gasteiger charge is 2.57. The Hall–Kier alpha value is -3.02. The second-order valence-corrected chi connectivity index (χ2v) is 6.62. The maximum atomic E-state index is 12.9. The Bertz CT molecular complexity index is 937. The van der Waals surface area contributed by atoms with Gasteiger partial charge in [-0.25, -0.2) is 0 Å². The number of nitrogens with zero attached hydrogens (tertiary/aromatic N) is 1. The van der Waals surface area contributed by atoms with E-state index in [1.165, 1.54) is 0 Å². The first-order valence-electron chi connectivity index (χ1n) is 8.18. The molecule has 6 heteroatoms. The zero-order valence-corrected chi connectivity index (χ0v) is 13.3. The standard InChI is InChI=1S/C19H15NO5/c21-17(22)9-20-10-19(12-3-1-2-4-14(12)20)13-7-11-5-6-24-15(11)8-16(13)25-18(19)23/h1-4,7-8H,5-6,9-10H2,(H,21,22). The number of carboxylic acids is 1. The van der Waals surface area contributed by atoms with Crippen molar-refractivity contribution >= 4 is 17.6 Å². The Morgan fingerprint density at radius 2 is 2.04 bits per heavy atom. The molecule has 3 heterocycles. The number of aliphatic carboxylic acids is 1. The Balaban J connectivity index is 1.72. The van der Waals surface area contributed by atoms with Crippen LogP contribution in [0.2, 0.25) is 0 Å². The van der Waals surface area contributed by atoms with Crippen molar-refractivity contribution in [3.63, 3.8) is 0 Å². The van der Waals surface area contributed by atoms with Crippen LogP contribution in [0.3, 0.4) is 0 Å². The lowest BCUT2D eigenvalue weighted by atomic mass is 9.76. The fraction of sp³-hybridized carbons (Fsp3) is 0.263. The van der Waals surface area contributed by atoms with E-state index in [0.29, 0.717) is 12.4 Å². The topological polar surface area (TPSA) is 76.1 Å². The maximum absolute atomic E-state index is 12.9. The van der Waals surface area contributed by atoms with Gasteiger partial charge in [-0.3, -0.25) is 9.59 Å². The molecule has 0 bridgehead atoms. The van der Waals surface area contributed by atoms with Gasteiger partial charge in [0.15, 0.2) is 0 Å². The highest BCUT2D eigenvalue weighted by molar-refractivity contribution is 5.99. The lowest BCUT2D eigenvalue weighted by molar-refractivity contribution is -0.137. The van der Waals surface area contributed by atoms with Crippen molar-refractivity contribution in [3.8, 4) is 11.5 Å². The summed E-state index contributed by atoms with van der Waals surface area (Å²) in [5.74, 6) is -0.0118. The molecule has 6 nitrogen and oxygen atoms in total. The quantitative estimate of drug-likeness (QED) is 0.664. The molecule has 25 heavy (non-hydrogen) atoms. The van der Waals surface area contributed by atoms with E-state index < -0.39 is 11.4 Å². The van der Waals surface area contributed by atoms with Crippen molar-refractivity contribution in [1.82, 2.24) is 0 Å². The molecule has 0 amide bonds. The van der Waals surface area contributed by atoms with Crippen LogP contribution >= 0.6 is 0 Å². The van der Waals surface area contributed by atoms with E-state index >= 15 is 0 Å². The maximum Gasteiger partial charge on any atom is 0.328 e. The van der Waals surface area contributed by atoms with E-state index in [9.17, 15) is 14.7 Å². The van der Waals surface area contributed by atoms with Gasteiger partial charge in [0.1, 0.15) is 23.5 Å². The van der Waals surface area contributed by atoms with Gasteiger partial charge < -0.3 is 19.5 Å². The summed E-state index contributed by atoms with van der Waals surface area (Å²) in [7, 11) is 0. The Morgan fingerprint density at radius 3 is 2.88 bits per heavy atom. The summed E-state index contributed by atoms with van der Waals surface area (Å²) in [5, 5.41) is 9.24. The van der Waals surface area contributed by atoms with Gasteiger partial charge in [0, 0.05) is 30.3 Å². The smallest absolute Gasteiger partial charge is 0.328 e. The molecule has 5 rings (SSSR count). The van der Waals surface area contributed by atoms with Gasteiger partial charge in [0.05, 0.1) is 6.61 Å². The third-order valence-corrected chi connectivity index (χ3v) is 5.26. The number of rotatable bonds is 2. The van der Waals surface area contributed by atoms with E-state index in [2.05, 4.69) is 0 Å². The molecule has 1 atom stereocenters. The number of para-hydroxylation sites is 1. The first kappa shape index (κ1) is 14.3. The lowest BCUT2D eigenvalue weighted by Crippen LogP contribution is -2.41. The van der Waals surface area contributed by atoms with E-state index in [1.54, 1.807) is 11.0 Å². The number of benzene rings is 2. The van der Waals surface area contributed by atoms with Crippen LogP contribution in [0.15, 0.2) is 36.4 Å². The summed E-state index contributed by atoms with van der Waals surface area (Å²) in [6.45, 7) is 0.737.